The smallest absolute Gasteiger partial charge is 0.0900 e. The van der Waals surface area contributed by atoms with Crippen molar-refractivity contribution in [2.75, 3.05) is 5.32 Å². The van der Waals surface area contributed by atoms with Crippen molar-refractivity contribution in [3.05, 3.63) is 50.5 Å². The molecule has 0 saturated heterocycles. The summed E-state index contributed by atoms with van der Waals surface area (Å²) >= 11 is 5.28. The van der Waals surface area contributed by atoms with E-state index in [2.05, 4.69) is 44.2 Å². The van der Waals surface area contributed by atoms with Crippen molar-refractivity contribution in [1.82, 2.24) is 9.97 Å². The van der Waals surface area contributed by atoms with E-state index in [4.69, 9.17) is 0 Å². The summed E-state index contributed by atoms with van der Waals surface area (Å²) in [6.07, 6.45) is 1.83. The average Bonchev–Trinajstić information content (AvgIpc) is 2.75. The van der Waals surface area contributed by atoms with Gasteiger partial charge in [-0.15, -0.1) is 11.3 Å². The first kappa shape index (κ1) is 13.5. The van der Waals surface area contributed by atoms with Crippen LogP contribution in [0.5, 0.6) is 0 Å². The summed E-state index contributed by atoms with van der Waals surface area (Å²) in [4.78, 5) is 10.2. The van der Waals surface area contributed by atoms with Gasteiger partial charge in [0.2, 0.25) is 0 Å². The summed E-state index contributed by atoms with van der Waals surface area (Å²) in [6, 6.07) is 8.11. The lowest BCUT2D eigenvalue weighted by Crippen LogP contribution is -2.02. The van der Waals surface area contributed by atoms with Gasteiger partial charge in [-0.05, 0) is 41.9 Å². The highest BCUT2D eigenvalue weighted by molar-refractivity contribution is 9.10. The van der Waals surface area contributed by atoms with E-state index in [1.54, 1.807) is 11.3 Å². The van der Waals surface area contributed by atoms with E-state index < -0.39 is 0 Å². The summed E-state index contributed by atoms with van der Waals surface area (Å²) < 4.78 is 1.01. The fourth-order valence-electron chi connectivity index (χ4n) is 2.21. The molecule has 5 heteroatoms. The van der Waals surface area contributed by atoms with Crippen LogP contribution in [0.4, 0.5) is 5.69 Å². The number of benzene rings is 1. The Labute approximate surface area is 130 Å². The van der Waals surface area contributed by atoms with E-state index in [0.717, 1.165) is 38.3 Å². The van der Waals surface area contributed by atoms with Crippen LogP contribution >= 0.6 is 27.3 Å². The van der Waals surface area contributed by atoms with Crippen LogP contribution in [0.15, 0.2) is 34.9 Å². The van der Waals surface area contributed by atoms with Crippen LogP contribution < -0.4 is 5.32 Å². The molecule has 2 aromatic heterocycles. The Morgan fingerprint density at radius 1 is 1.25 bits per heavy atom. The molecule has 2 heterocycles. The Bertz CT molecular complexity index is 767. The van der Waals surface area contributed by atoms with Gasteiger partial charge in [-0.3, -0.25) is 4.98 Å². The minimum Gasteiger partial charge on any atom is -0.379 e. The van der Waals surface area contributed by atoms with Gasteiger partial charge >= 0.3 is 0 Å². The second kappa shape index (κ2) is 5.50. The zero-order chi connectivity index (χ0) is 14.1. The molecule has 1 N–H and O–H groups in total. The van der Waals surface area contributed by atoms with Crippen LogP contribution in [0.25, 0.3) is 10.9 Å². The van der Waals surface area contributed by atoms with E-state index in [-0.39, 0.29) is 0 Å². The summed E-state index contributed by atoms with van der Waals surface area (Å²) in [7, 11) is 0. The largest absolute Gasteiger partial charge is 0.379 e. The van der Waals surface area contributed by atoms with Crippen molar-refractivity contribution in [3.63, 3.8) is 0 Å². The number of aryl methyl sites for hydroxylation is 2. The molecule has 0 unspecified atom stereocenters. The van der Waals surface area contributed by atoms with Gasteiger partial charge in [-0.1, -0.05) is 12.1 Å². The maximum Gasteiger partial charge on any atom is 0.0900 e. The molecule has 102 valence electrons. The molecule has 0 aliphatic heterocycles. The van der Waals surface area contributed by atoms with Gasteiger partial charge in [0.25, 0.3) is 0 Å². The number of thiazole rings is 1. The molecular weight excluding hydrogens is 334 g/mol. The molecule has 20 heavy (non-hydrogen) atoms. The zero-order valence-corrected chi connectivity index (χ0v) is 13.7. The minimum absolute atomic E-state index is 0.738. The van der Waals surface area contributed by atoms with Gasteiger partial charge in [-0.25, -0.2) is 4.98 Å². The second-order valence-corrected chi connectivity index (χ2v) is 6.85. The van der Waals surface area contributed by atoms with Gasteiger partial charge < -0.3 is 5.32 Å². The molecule has 0 atom stereocenters. The highest BCUT2D eigenvalue weighted by atomic mass is 79.9. The predicted octanol–water partition coefficient (Wildman–Crippen LogP) is 4.68. The molecule has 0 saturated carbocycles. The molecule has 0 bridgehead atoms. The molecule has 0 radical (unpaired) electrons. The van der Waals surface area contributed by atoms with E-state index in [0.29, 0.717) is 0 Å². The third-order valence-corrected chi connectivity index (χ3v) is 4.74. The summed E-state index contributed by atoms with van der Waals surface area (Å²) in [5.41, 5.74) is 3.18. The normalized spacial score (nSPS) is 10.9. The molecule has 0 aliphatic carbocycles. The summed E-state index contributed by atoms with van der Waals surface area (Å²) in [5.74, 6) is 0. The third-order valence-electron chi connectivity index (χ3n) is 3.17. The number of hydrogen-bond donors (Lipinski definition) is 1. The highest BCUT2D eigenvalue weighted by Gasteiger charge is 2.07. The van der Waals surface area contributed by atoms with Crippen LogP contribution in [-0.2, 0) is 6.54 Å². The lowest BCUT2D eigenvalue weighted by atomic mass is 10.2. The Balaban J connectivity index is 1.92. The third kappa shape index (κ3) is 2.55. The van der Waals surface area contributed by atoms with Crippen LogP contribution in [0.1, 0.15) is 15.6 Å². The van der Waals surface area contributed by atoms with Crippen LogP contribution in [0.3, 0.4) is 0 Å². The number of halogens is 1. The number of pyridine rings is 1. The summed E-state index contributed by atoms with van der Waals surface area (Å²) in [6.45, 7) is 4.89. The lowest BCUT2D eigenvalue weighted by molar-refractivity contribution is 1.04. The lowest BCUT2D eigenvalue weighted by Gasteiger charge is -2.09. The van der Waals surface area contributed by atoms with Crippen molar-refractivity contribution in [3.8, 4) is 0 Å². The first-order chi connectivity index (χ1) is 9.65. The van der Waals surface area contributed by atoms with Gasteiger partial charge in [0.05, 0.1) is 22.8 Å². The molecule has 1 aromatic carbocycles. The Morgan fingerprint density at radius 2 is 2.10 bits per heavy atom. The number of nitrogens with one attached hydrogen (secondary N) is 1. The molecule has 0 fully saturated rings. The number of nitrogens with zero attached hydrogens (tertiary/aromatic N) is 2. The topological polar surface area (TPSA) is 37.8 Å². The summed E-state index contributed by atoms with van der Waals surface area (Å²) in [5, 5.41) is 5.70. The van der Waals surface area contributed by atoms with Crippen molar-refractivity contribution < 1.29 is 0 Å². The van der Waals surface area contributed by atoms with Crippen LogP contribution in [-0.4, -0.2) is 9.97 Å². The molecule has 3 rings (SSSR count). The predicted molar refractivity (Wildman–Crippen MR) is 88.4 cm³/mol. The Hall–Kier alpha value is -1.46. The van der Waals surface area contributed by atoms with Crippen LogP contribution in [0.2, 0.25) is 0 Å². The first-order valence-corrected chi connectivity index (χ1v) is 7.96. The minimum atomic E-state index is 0.738. The van der Waals surface area contributed by atoms with Crippen molar-refractivity contribution >= 4 is 43.9 Å². The van der Waals surface area contributed by atoms with E-state index >= 15 is 0 Å². The molecule has 0 amide bonds. The van der Waals surface area contributed by atoms with E-state index in [9.17, 15) is 0 Å². The van der Waals surface area contributed by atoms with Crippen molar-refractivity contribution in [2.45, 2.75) is 20.4 Å². The number of para-hydroxylation sites is 1. The fourth-order valence-corrected chi connectivity index (χ4v) is 3.51. The van der Waals surface area contributed by atoms with E-state index in [1.165, 1.54) is 4.88 Å². The number of anilines is 1. The number of hydrogen-bond acceptors (Lipinski definition) is 4. The van der Waals surface area contributed by atoms with Gasteiger partial charge in [0, 0.05) is 26.6 Å². The van der Waals surface area contributed by atoms with Crippen LogP contribution in [0, 0.1) is 13.8 Å². The van der Waals surface area contributed by atoms with Gasteiger partial charge in [0.15, 0.2) is 0 Å². The SMILES string of the molecule is Cc1nc(CNc2ccnc3c(Br)cccc23)c(C)s1. The Morgan fingerprint density at radius 3 is 2.85 bits per heavy atom. The number of fused-ring (bicyclic) bond motifs is 1. The van der Waals surface area contributed by atoms with E-state index in [1.807, 2.05) is 31.3 Å². The van der Waals surface area contributed by atoms with Crippen molar-refractivity contribution in [2.24, 2.45) is 0 Å². The Kier molecular flexibility index (Phi) is 3.72. The molecule has 0 spiro atoms. The first-order valence-electron chi connectivity index (χ1n) is 6.35. The fraction of sp³-hybridized carbons (Fsp3) is 0.200. The zero-order valence-electron chi connectivity index (χ0n) is 11.3. The molecule has 3 nitrogen and oxygen atoms in total. The molecule has 0 aliphatic rings. The average molecular weight is 348 g/mol. The maximum absolute atomic E-state index is 4.55. The van der Waals surface area contributed by atoms with Crippen molar-refractivity contribution in [1.29, 1.82) is 0 Å². The molecular formula is C15H14BrN3S. The van der Waals surface area contributed by atoms with Gasteiger partial charge in [-0.2, -0.15) is 0 Å². The van der Waals surface area contributed by atoms with Gasteiger partial charge in [0.1, 0.15) is 0 Å². The number of aromatic nitrogens is 2. The number of rotatable bonds is 3. The highest BCUT2D eigenvalue weighted by Crippen LogP contribution is 2.28. The second-order valence-electron chi connectivity index (χ2n) is 4.58. The quantitative estimate of drug-likeness (QED) is 0.747. The molecule has 3 aromatic rings. The standard InChI is InChI=1S/C15H14BrN3S/c1-9-14(19-10(2)20-9)8-18-13-6-7-17-15-11(13)4-3-5-12(15)16/h3-7H,8H2,1-2H3,(H,17,18). The monoisotopic (exact) mass is 347 g/mol. The maximum atomic E-state index is 4.55.